The van der Waals surface area contributed by atoms with E-state index in [1.165, 1.54) is 25.1 Å². The number of anilines is 1. The van der Waals surface area contributed by atoms with Crippen molar-refractivity contribution in [3.8, 4) is 0 Å². The zero-order chi connectivity index (χ0) is 11.5. The maximum Gasteiger partial charge on any atom is 0.0396 e. The standard InChI is InChI=1S/C13H21N3/c1-10-7-13(8-11(2)14-10)15-12-5-4-6-16(3)9-12/h7-8,12H,4-6,9H2,1-3H3,(H,14,15). The number of hydrogen-bond acceptors (Lipinski definition) is 3. The minimum atomic E-state index is 0.583. The normalized spacial score (nSPS) is 22.1. The number of nitrogens with zero attached hydrogens (tertiary/aromatic N) is 2. The van der Waals surface area contributed by atoms with Gasteiger partial charge in [0.1, 0.15) is 0 Å². The van der Waals surface area contributed by atoms with Crippen LogP contribution in [0.4, 0.5) is 5.69 Å². The molecule has 1 aliphatic heterocycles. The molecule has 2 rings (SSSR count). The van der Waals surface area contributed by atoms with Crippen LogP contribution in [-0.2, 0) is 0 Å². The number of aromatic nitrogens is 1. The third-order valence-corrected chi connectivity index (χ3v) is 3.08. The van der Waals surface area contributed by atoms with Gasteiger partial charge in [-0.15, -0.1) is 0 Å². The highest BCUT2D eigenvalue weighted by Crippen LogP contribution is 2.16. The van der Waals surface area contributed by atoms with Crippen LogP contribution in [0.2, 0.25) is 0 Å². The van der Waals surface area contributed by atoms with E-state index >= 15 is 0 Å². The second kappa shape index (κ2) is 4.83. The molecule has 1 aromatic heterocycles. The third-order valence-electron chi connectivity index (χ3n) is 3.08. The molecule has 1 aromatic rings. The number of rotatable bonds is 2. The van der Waals surface area contributed by atoms with Crippen LogP contribution in [0.15, 0.2) is 12.1 Å². The largest absolute Gasteiger partial charge is 0.381 e. The van der Waals surface area contributed by atoms with Gasteiger partial charge in [0.2, 0.25) is 0 Å². The zero-order valence-electron chi connectivity index (χ0n) is 10.5. The van der Waals surface area contributed by atoms with Crippen molar-refractivity contribution < 1.29 is 0 Å². The second-order valence-electron chi connectivity index (χ2n) is 4.88. The molecule has 16 heavy (non-hydrogen) atoms. The summed E-state index contributed by atoms with van der Waals surface area (Å²) in [4.78, 5) is 6.78. The molecule has 1 unspecified atom stereocenters. The van der Waals surface area contributed by atoms with Crippen LogP contribution in [0.5, 0.6) is 0 Å². The number of hydrogen-bond donors (Lipinski definition) is 1. The predicted molar refractivity (Wildman–Crippen MR) is 67.9 cm³/mol. The number of piperidine rings is 1. The molecule has 0 saturated carbocycles. The van der Waals surface area contributed by atoms with Crippen molar-refractivity contribution in [2.75, 3.05) is 25.5 Å². The number of likely N-dealkylation sites (tertiary alicyclic amines) is 1. The molecule has 3 heteroatoms. The first-order chi connectivity index (χ1) is 7.63. The fraction of sp³-hybridized carbons (Fsp3) is 0.615. The maximum absolute atomic E-state index is 4.39. The lowest BCUT2D eigenvalue weighted by Crippen LogP contribution is -2.39. The average Bonchev–Trinajstić information content (AvgIpc) is 2.15. The van der Waals surface area contributed by atoms with Crippen molar-refractivity contribution >= 4 is 5.69 Å². The Morgan fingerprint density at radius 1 is 1.31 bits per heavy atom. The van der Waals surface area contributed by atoms with Crippen molar-refractivity contribution in [1.82, 2.24) is 9.88 Å². The van der Waals surface area contributed by atoms with Crippen LogP contribution in [0.25, 0.3) is 0 Å². The summed E-state index contributed by atoms with van der Waals surface area (Å²) in [6, 6.07) is 4.84. The topological polar surface area (TPSA) is 28.2 Å². The molecule has 0 aliphatic carbocycles. The second-order valence-corrected chi connectivity index (χ2v) is 4.88. The molecular weight excluding hydrogens is 198 g/mol. The number of likely N-dealkylation sites (N-methyl/N-ethyl adjacent to an activating group) is 1. The van der Waals surface area contributed by atoms with Crippen molar-refractivity contribution in [2.24, 2.45) is 0 Å². The first kappa shape index (κ1) is 11.4. The Morgan fingerprint density at radius 2 is 2.00 bits per heavy atom. The van der Waals surface area contributed by atoms with Gasteiger partial charge in [0.25, 0.3) is 0 Å². The molecule has 0 aromatic carbocycles. The first-order valence-electron chi connectivity index (χ1n) is 6.04. The van der Waals surface area contributed by atoms with Gasteiger partial charge in [0, 0.05) is 29.7 Å². The summed E-state index contributed by atoms with van der Waals surface area (Å²) in [5.74, 6) is 0. The van der Waals surface area contributed by atoms with Crippen LogP contribution in [0.3, 0.4) is 0 Å². The summed E-state index contributed by atoms with van der Waals surface area (Å²) >= 11 is 0. The summed E-state index contributed by atoms with van der Waals surface area (Å²) < 4.78 is 0. The fourth-order valence-corrected chi connectivity index (χ4v) is 2.44. The van der Waals surface area contributed by atoms with Crippen LogP contribution in [0, 0.1) is 13.8 Å². The van der Waals surface area contributed by atoms with E-state index in [1.807, 2.05) is 13.8 Å². The van der Waals surface area contributed by atoms with E-state index in [0.717, 1.165) is 17.9 Å². The summed E-state index contributed by atoms with van der Waals surface area (Å²) in [5, 5.41) is 3.61. The fourth-order valence-electron chi connectivity index (χ4n) is 2.44. The van der Waals surface area contributed by atoms with Gasteiger partial charge in [0.05, 0.1) is 0 Å². The van der Waals surface area contributed by atoms with Crippen molar-refractivity contribution in [3.05, 3.63) is 23.5 Å². The SMILES string of the molecule is Cc1cc(NC2CCCN(C)C2)cc(C)n1. The minimum Gasteiger partial charge on any atom is -0.381 e. The predicted octanol–water partition coefficient (Wildman–Crippen LogP) is 2.20. The first-order valence-corrected chi connectivity index (χ1v) is 6.04. The van der Waals surface area contributed by atoms with E-state index in [0.29, 0.717) is 6.04 Å². The highest BCUT2D eigenvalue weighted by molar-refractivity contribution is 5.46. The molecule has 88 valence electrons. The average molecular weight is 219 g/mol. The number of pyridine rings is 1. The summed E-state index contributed by atoms with van der Waals surface area (Å²) in [5.41, 5.74) is 3.39. The van der Waals surface area contributed by atoms with Crippen molar-refractivity contribution in [2.45, 2.75) is 32.7 Å². The van der Waals surface area contributed by atoms with E-state index in [1.54, 1.807) is 0 Å². The van der Waals surface area contributed by atoms with Gasteiger partial charge in [0.15, 0.2) is 0 Å². The van der Waals surface area contributed by atoms with E-state index in [9.17, 15) is 0 Å². The summed E-state index contributed by atoms with van der Waals surface area (Å²) in [6.07, 6.45) is 2.56. The quantitative estimate of drug-likeness (QED) is 0.826. The van der Waals surface area contributed by atoms with Gasteiger partial charge in [-0.3, -0.25) is 4.98 Å². The third kappa shape index (κ3) is 2.95. The van der Waals surface area contributed by atoms with Gasteiger partial charge >= 0.3 is 0 Å². The molecule has 0 spiro atoms. The molecule has 0 amide bonds. The molecule has 2 heterocycles. The monoisotopic (exact) mass is 219 g/mol. The van der Waals surface area contributed by atoms with Crippen LogP contribution in [-0.4, -0.2) is 36.1 Å². The lowest BCUT2D eigenvalue weighted by Gasteiger charge is -2.31. The molecule has 0 radical (unpaired) electrons. The zero-order valence-corrected chi connectivity index (χ0v) is 10.5. The lowest BCUT2D eigenvalue weighted by atomic mass is 10.1. The lowest BCUT2D eigenvalue weighted by molar-refractivity contribution is 0.261. The Labute approximate surface area is 97.9 Å². The van der Waals surface area contributed by atoms with Crippen LogP contribution in [0.1, 0.15) is 24.2 Å². The van der Waals surface area contributed by atoms with Crippen molar-refractivity contribution in [1.29, 1.82) is 0 Å². The van der Waals surface area contributed by atoms with Gasteiger partial charge in [-0.1, -0.05) is 0 Å². The Balaban J connectivity index is 2.02. The van der Waals surface area contributed by atoms with E-state index in [2.05, 4.69) is 34.4 Å². The Bertz CT molecular complexity index is 342. The molecule has 1 N–H and O–H groups in total. The van der Waals surface area contributed by atoms with Crippen LogP contribution >= 0.6 is 0 Å². The van der Waals surface area contributed by atoms with Crippen molar-refractivity contribution in [3.63, 3.8) is 0 Å². The number of nitrogens with one attached hydrogen (secondary N) is 1. The van der Waals surface area contributed by atoms with Gasteiger partial charge in [-0.05, 0) is 52.4 Å². The van der Waals surface area contributed by atoms with E-state index in [4.69, 9.17) is 0 Å². The number of aryl methyl sites for hydroxylation is 2. The molecule has 1 saturated heterocycles. The maximum atomic E-state index is 4.39. The van der Waals surface area contributed by atoms with Gasteiger partial charge in [-0.2, -0.15) is 0 Å². The molecule has 0 bridgehead atoms. The van der Waals surface area contributed by atoms with E-state index in [-0.39, 0.29) is 0 Å². The van der Waals surface area contributed by atoms with E-state index < -0.39 is 0 Å². The Hall–Kier alpha value is -1.09. The summed E-state index contributed by atoms with van der Waals surface area (Å²) in [6.45, 7) is 6.46. The summed E-state index contributed by atoms with van der Waals surface area (Å²) in [7, 11) is 2.19. The molecule has 1 atom stereocenters. The Kier molecular flexibility index (Phi) is 3.44. The Morgan fingerprint density at radius 3 is 2.62 bits per heavy atom. The minimum absolute atomic E-state index is 0.583. The smallest absolute Gasteiger partial charge is 0.0396 e. The highest BCUT2D eigenvalue weighted by Gasteiger charge is 2.16. The van der Waals surface area contributed by atoms with Crippen LogP contribution < -0.4 is 5.32 Å². The molecule has 3 nitrogen and oxygen atoms in total. The molecule has 1 aliphatic rings. The molecule has 1 fully saturated rings. The van der Waals surface area contributed by atoms with Gasteiger partial charge < -0.3 is 10.2 Å². The highest BCUT2D eigenvalue weighted by atomic mass is 15.1. The molecular formula is C13H21N3. The van der Waals surface area contributed by atoms with Gasteiger partial charge in [-0.25, -0.2) is 0 Å².